The molecule has 2 heterocycles. The minimum Gasteiger partial charge on any atom is -0.469 e. The maximum absolute atomic E-state index is 11.7. The standard InChI is InChI=1S/C19H23N5O8S/c1-3-30-19(25)32-23-10-8-14(9-11-23)31-18-16(24(26)27)17(20-12-21-18)22-13-4-6-15(7-5-13)33(2,28)29/h4-7,12,14H,3,8-11H2,1-2H3,(H,20,21,22). The van der Waals surface area contributed by atoms with E-state index in [1.54, 1.807) is 6.92 Å². The number of benzene rings is 1. The van der Waals surface area contributed by atoms with Gasteiger partial charge in [0.25, 0.3) is 5.88 Å². The van der Waals surface area contributed by atoms with Crippen LogP contribution in [0.2, 0.25) is 0 Å². The second-order valence-electron chi connectivity index (χ2n) is 7.08. The Kier molecular flexibility index (Phi) is 7.60. The fourth-order valence-electron chi connectivity index (χ4n) is 3.08. The first-order chi connectivity index (χ1) is 15.7. The molecule has 1 aliphatic rings. The molecule has 0 saturated carbocycles. The SMILES string of the molecule is CCOC(=O)ON1CCC(Oc2ncnc(Nc3ccc(S(C)(=O)=O)cc3)c2[N+](=O)[O-])CC1. The van der Waals surface area contributed by atoms with Gasteiger partial charge in [-0.15, -0.1) is 5.06 Å². The molecule has 0 aliphatic carbocycles. The number of hydrogen-bond acceptors (Lipinski definition) is 12. The van der Waals surface area contributed by atoms with Crippen molar-refractivity contribution in [2.75, 3.05) is 31.3 Å². The predicted molar refractivity (Wildman–Crippen MR) is 115 cm³/mol. The lowest BCUT2D eigenvalue weighted by molar-refractivity contribution is -0.385. The molecule has 1 saturated heterocycles. The zero-order chi connectivity index (χ0) is 24.0. The summed E-state index contributed by atoms with van der Waals surface area (Å²) in [6, 6.07) is 5.71. The summed E-state index contributed by atoms with van der Waals surface area (Å²) >= 11 is 0. The van der Waals surface area contributed by atoms with E-state index < -0.39 is 26.6 Å². The van der Waals surface area contributed by atoms with Gasteiger partial charge in [0.1, 0.15) is 12.4 Å². The number of aromatic nitrogens is 2. The molecular formula is C19H23N5O8S. The first-order valence-electron chi connectivity index (χ1n) is 10.00. The lowest BCUT2D eigenvalue weighted by Crippen LogP contribution is -2.39. The van der Waals surface area contributed by atoms with E-state index in [-0.39, 0.29) is 29.3 Å². The van der Waals surface area contributed by atoms with Crippen molar-refractivity contribution < 1.29 is 32.4 Å². The van der Waals surface area contributed by atoms with Gasteiger partial charge in [-0.1, -0.05) is 0 Å². The van der Waals surface area contributed by atoms with Crippen molar-refractivity contribution in [3.8, 4) is 5.88 Å². The van der Waals surface area contributed by atoms with Gasteiger partial charge in [0.2, 0.25) is 5.82 Å². The summed E-state index contributed by atoms with van der Waals surface area (Å²) in [7, 11) is -3.37. The molecule has 178 valence electrons. The summed E-state index contributed by atoms with van der Waals surface area (Å²) in [5.74, 6) is -0.296. The fraction of sp³-hybridized carbons (Fsp3) is 0.421. The van der Waals surface area contributed by atoms with Crippen LogP contribution in [0.3, 0.4) is 0 Å². The summed E-state index contributed by atoms with van der Waals surface area (Å²) in [5, 5.41) is 16.0. The average Bonchev–Trinajstić information content (AvgIpc) is 2.75. The summed E-state index contributed by atoms with van der Waals surface area (Å²) in [4.78, 5) is 35.5. The summed E-state index contributed by atoms with van der Waals surface area (Å²) in [5.41, 5.74) is -0.0468. The van der Waals surface area contributed by atoms with E-state index in [1.807, 2.05) is 0 Å². The van der Waals surface area contributed by atoms with Gasteiger partial charge in [0.05, 0.1) is 16.4 Å². The molecule has 0 atom stereocenters. The number of rotatable bonds is 8. The Hall–Kier alpha value is -3.52. The van der Waals surface area contributed by atoms with Gasteiger partial charge in [-0.2, -0.15) is 4.98 Å². The van der Waals surface area contributed by atoms with Crippen LogP contribution < -0.4 is 10.1 Å². The molecule has 3 rings (SSSR count). The van der Waals surface area contributed by atoms with Gasteiger partial charge in [-0.05, 0) is 31.2 Å². The Bertz CT molecular complexity index is 1100. The Morgan fingerprint density at radius 2 is 1.91 bits per heavy atom. The van der Waals surface area contributed by atoms with Gasteiger partial charge in [-0.25, -0.2) is 18.2 Å². The number of nitro groups is 1. The van der Waals surface area contributed by atoms with Crippen LogP contribution in [0.5, 0.6) is 5.88 Å². The quantitative estimate of drug-likeness (QED) is 0.333. The van der Waals surface area contributed by atoms with Crippen LogP contribution in [0.25, 0.3) is 0 Å². The number of piperidine rings is 1. The highest BCUT2D eigenvalue weighted by Gasteiger charge is 2.30. The Morgan fingerprint density at radius 1 is 1.24 bits per heavy atom. The Labute approximate surface area is 189 Å². The molecule has 1 aliphatic heterocycles. The molecule has 1 N–H and O–H groups in total. The van der Waals surface area contributed by atoms with E-state index in [0.717, 1.165) is 12.6 Å². The summed E-state index contributed by atoms with van der Waals surface area (Å²) < 4.78 is 33.7. The lowest BCUT2D eigenvalue weighted by Gasteiger charge is -2.29. The first-order valence-corrected chi connectivity index (χ1v) is 11.9. The third-order valence-corrected chi connectivity index (χ3v) is 5.79. The fourth-order valence-corrected chi connectivity index (χ4v) is 3.71. The molecule has 0 amide bonds. The minimum absolute atomic E-state index is 0.0971. The molecule has 2 aromatic rings. The Morgan fingerprint density at radius 3 is 2.48 bits per heavy atom. The van der Waals surface area contributed by atoms with Gasteiger partial charge < -0.3 is 19.6 Å². The highest BCUT2D eigenvalue weighted by molar-refractivity contribution is 7.90. The van der Waals surface area contributed by atoms with Gasteiger partial charge in [-0.3, -0.25) is 10.1 Å². The third-order valence-electron chi connectivity index (χ3n) is 4.66. The lowest BCUT2D eigenvalue weighted by atomic mass is 10.1. The maximum Gasteiger partial charge on any atom is 0.527 e. The van der Waals surface area contributed by atoms with Gasteiger partial charge in [0.15, 0.2) is 9.84 Å². The zero-order valence-corrected chi connectivity index (χ0v) is 18.8. The molecule has 0 unspecified atom stereocenters. The van der Waals surface area contributed by atoms with Crippen LogP contribution >= 0.6 is 0 Å². The number of hydrogen-bond donors (Lipinski definition) is 1. The smallest absolute Gasteiger partial charge is 0.469 e. The number of hydroxylamine groups is 2. The van der Waals surface area contributed by atoms with Crippen LogP contribution in [-0.2, 0) is 19.4 Å². The van der Waals surface area contributed by atoms with E-state index in [0.29, 0.717) is 31.6 Å². The minimum atomic E-state index is -3.37. The van der Waals surface area contributed by atoms with Crippen molar-refractivity contribution in [3.05, 3.63) is 40.7 Å². The van der Waals surface area contributed by atoms with Crippen molar-refractivity contribution in [3.63, 3.8) is 0 Å². The van der Waals surface area contributed by atoms with E-state index >= 15 is 0 Å². The molecule has 0 bridgehead atoms. The molecule has 1 fully saturated rings. The van der Waals surface area contributed by atoms with Crippen molar-refractivity contribution >= 4 is 33.2 Å². The van der Waals surface area contributed by atoms with E-state index in [2.05, 4.69) is 15.3 Å². The molecular weight excluding hydrogens is 458 g/mol. The third kappa shape index (κ3) is 6.49. The molecule has 1 aromatic heterocycles. The molecule has 33 heavy (non-hydrogen) atoms. The second-order valence-corrected chi connectivity index (χ2v) is 9.09. The Balaban J connectivity index is 1.70. The average molecular weight is 481 g/mol. The second kappa shape index (κ2) is 10.4. The predicted octanol–water partition coefficient (Wildman–Crippen LogP) is 2.46. The molecule has 1 aromatic carbocycles. The van der Waals surface area contributed by atoms with Crippen molar-refractivity contribution in [2.24, 2.45) is 0 Å². The molecule has 0 spiro atoms. The van der Waals surface area contributed by atoms with Crippen molar-refractivity contribution in [1.82, 2.24) is 15.0 Å². The van der Waals surface area contributed by atoms with Crippen LogP contribution in [0.15, 0.2) is 35.5 Å². The zero-order valence-electron chi connectivity index (χ0n) is 18.0. The van der Waals surface area contributed by atoms with Crippen LogP contribution in [-0.4, -0.2) is 66.6 Å². The molecule has 0 radical (unpaired) electrons. The highest BCUT2D eigenvalue weighted by Crippen LogP contribution is 2.34. The topological polar surface area (TPSA) is 163 Å². The molecule has 14 heteroatoms. The number of nitrogens with zero attached hydrogens (tertiary/aromatic N) is 4. The van der Waals surface area contributed by atoms with Crippen LogP contribution in [0.1, 0.15) is 19.8 Å². The van der Waals surface area contributed by atoms with Crippen molar-refractivity contribution in [2.45, 2.75) is 30.8 Å². The largest absolute Gasteiger partial charge is 0.527 e. The van der Waals surface area contributed by atoms with Crippen LogP contribution in [0.4, 0.5) is 22.0 Å². The summed E-state index contributed by atoms with van der Waals surface area (Å²) in [6.45, 7) is 2.60. The number of carbonyl (C=O) groups excluding carboxylic acids is 1. The van der Waals surface area contributed by atoms with Gasteiger partial charge >= 0.3 is 11.8 Å². The highest BCUT2D eigenvalue weighted by atomic mass is 32.2. The van der Waals surface area contributed by atoms with Gasteiger partial charge in [0, 0.05) is 37.9 Å². The van der Waals surface area contributed by atoms with E-state index in [4.69, 9.17) is 14.3 Å². The van der Waals surface area contributed by atoms with Crippen molar-refractivity contribution in [1.29, 1.82) is 0 Å². The van der Waals surface area contributed by atoms with E-state index in [9.17, 15) is 23.3 Å². The monoisotopic (exact) mass is 481 g/mol. The number of sulfone groups is 1. The number of carbonyl (C=O) groups is 1. The number of nitrogens with one attached hydrogen (secondary N) is 1. The number of anilines is 2. The van der Waals surface area contributed by atoms with Crippen LogP contribution in [0, 0.1) is 10.1 Å². The van der Waals surface area contributed by atoms with E-state index in [1.165, 1.54) is 29.3 Å². The normalized spacial score (nSPS) is 15.0. The summed E-state index contributed by atoms with van der Waals surface area (Å²) in [6.07, 6.45) is 1.93. The first kappa shape index (κ1) is 24.1. The molecule has 13 nitrogen and oxygen atoms in total. The number of ether oxygens (including phenoxy) is 2. The maximum atomic E-state index is 11.7.